The largest absolute Gasteiger partial charge is 0.380 e. The van der Waals surface area contributed by atoms with Gasteiger partial charge in [0.2, 0.25) is 0 Å². The molecule has 2 N–H and O–H groups in total. The lowest BCUT2D eigenvalue weighted by molar-refractivity contribution is 0.146. The van der Waals surface area contributed by atoms with Crippen LogP contribution in [-0.2, 0) is 4.74 Å². The van der Waals surface area contributed by atoms with Crippen LogP contribution < -0.4 is 10.6 Å². The molecule has 0 aliphatic carbocycles. The van der Waals surface area contributed by atoms with Crippen molar-refractivity contribution in [2.24, 2.45) is 0 Å². The summed E-state index contributed by atoms with van der Waals surface area (Å²) in [4.78, 5) is 0. The highest BCUT2D eigenvalue weighted by atomic mass is 16.5. The van der Waals surface area contributed by atoms with Crippen molar-refractivity contribution in [1.29, 1.82) is 0 Å². The minimum atomic E-state index is 0.558. The summed E-state index contributed by atoms with van der Waals surface area (Å²) in [6.45, 7) is 9.00. The molecule has 3 heteroatoms. The average molecular weight is 188 g/mol. The Kier molecular flexibility index (Phi) is 8.40. The zero-order chi connectivity index (χ0) is 10.1. The first kappa shape index (κ1) is 12.9. The fourth-order valence-corrected chi connectivity index (χ4v) is 1.25. The van der Waals surface area contributed by atoms with E-state index in [2.05, 4.69) is 24.5 Å². The topological polar surface area (TPSA) is 33.3 Å². The fraction of sp³-hybridized carbons (Fsp3) is 1.00. The highest BCUT2D eigenvalue weighted by Gasteiger charge is 2.05. The van der Waals surface area contributed by atoms with E-state index in [1.807, 2.05) is 14.0 Å². The summed E-state index contributed by atoms with van der Waals surface area (Å²) in [5.74, 6) is 0. The molecule has 0 radical (unpaired) electrons. The zero-order valence-electron chi connectivity index (χ0n) is 9.39. The van der Waals surface area contributed by atoms with Gasteiger partial charge in [0.05, 0.1) is 6.61 Å². The predicted octanol–water partition coefficient (Wildman–Crippen LogP) is 0.999. The van der Waals surface area contributed by atoms with E-state index >= 15 is 0 Å². The lowest BCUT2D eigenvalue weighted by Crippen LogP contribution is -2.35. The van der Waals surface area contributed by atoms with Gasteiger partial charge in [-0.3, -0.25) is 0 Å². The molecule has 2 atom stereocenters. The molecule has 0 aromatic rings. The van der Waals surface area contributed by atoms with E-state index in [0.717, 1.165) is 26.2 Å². The molecule has 0 saturated heterocycles. The standard InChI is InChI=1S/C10H24N2O/c1-5-13-7-6-12-10(3)8-9(2)11-4/h9-12H,5-8H2,1-4H3. The second kappa shape index (κ2) is 8.48. The van der Waals surface area contributed by atoms with Gasteiger partial charge in [-0.25, -0.2) is 0 Å². The maximum absolute atomic E-state index is 5.24. The van der Waals surface area contributed by atoms with Gasteiger partial charge in [-0.1, -0.05) is 0 Å². The second-order valence-electron chi connectivity index (χ2n) is 3.48. The SMILES string of the molecule is CCOCCNC(C)CC(C)NC. The maximum Gasteiger partial charge on any atom is 0.0590 e. The van der Waals surface area contributed by atoms with Crippen molar-refractivity contribution in [2.45, 2.75) is 39.3 Å². The van der Waals surface area contributed by atoms with E-state index in [0.29, 0.717) is 12.1 Å². The highest BCUT2D eigenvalue weighted by molar-refractivity contribution is 4.67. The third kappa shape index (κ3) is 8.22. The first-order valence-corrected chi connectivity index (χ1v) is 5.19. The van der Waals surface area contributed by atoms with E-state index in [-0.39, 0.29) is 0 Å². The molecule has 0 heterocycles. The Morgan fingerprint density at radius 1 is 1.23 bits per heavy atom. The number of rotatable bonds is 8. The second-order valence-corrected chi connectivity index (χ2v) is 3.48. The molecule has 2 unspecified atom stereocenters. The summed E-state index contributed by atoms with van der Waals surface area (Å²) in [5.41, 5.74) is 0. The molecule has 0 aliphatic heterocycles. The predicted molar refractivity (Wildman–Crippen MR) is 57.1 cm³/mol. The lowest BCUT2D eigenvalue weighted by atomic mass is 10.1. The minimum Gasteiger partial charge on any atom is -0.380 e. The molecule has 0 saturated carbocycles. The quantitative estimate of drug-likeness (QED) is 0.558. The summed E-state index contributed by atoms with van der Waals surface area (Å²) in [6.07, 6.45) is 1.16. The minimum absolute atomic E-state index is 0.558. The third-order valence-electron chi connectivity index (χ3n) is 2.14. The van der Waals surface area contributed by atoms with Crippen molar-refractivity contribution >= 4 is 0 Å². The Morgan fingerprint density at radius 2 is 1.92 bits per heavy atom. The van der Waals surface area contributed by atoms with Crippen molar-refractivity contribution in [1.82, 2.24) is 10.6 Å². The monoisotopic (exact) mass is 188 g/mol. The van der Waals surface area contributed by atoms with Gasteiger partial charge >= 0.3 is 0 Å². The van der Waals surface area contributed by atoms with Crippen LogP contribution >= 0.6 is 0 Å². The van der Waals surface area contributed by atoms with Crippen LogP contribution in [0.1, 0.15) is 27.2 Å². The molecule has 3 nitrogen and oxygen atoms in total. The smallest absolute Gasteiger partial charge is 0.0590 e. The van der Waals surface area contributed by atoms with E-state index in [9.17, 15) is 0 Å². The summed E-state index contributed by atoms with van der Waals surface area (Å²) in [5, 5.41) is 6.64. The Morgan fingerprint density at radius 3 is 2.46 bits per heavy atom. The highest BCUT2D eigenvalue weighted by Crippen LogP contribution is 1.95. The number of nitrogens with one attached hydrogen (secondary N) is 2. The molecule has 0 amide bonds. The molecule has 0 fully saturated rings. The number of hydrogen-bond acceptors (Lipinski definition) is 3. The van der Waals surface area contributed by atoms with Crippen LogP contribution in [0.3, 0.4) is 0 Å². The summed E-state index contributed by atoms with van der Waals surface area (Å²) < 4.78 is 5.24. The summed E-state index contributed by atoms with van der Waals surface area (Å²) in [6, 6.07) is 1.14. The Hall–Kier alpha value is -0.120. The Labute approximate surface area is 82.2 Å². The molecular weight excluding hydrogens is 164 g/mol. The molecule has 0 aromatic carbocycles. The first-order valence-electron chi connectivity index (χ1n) is 5.19. The van der Waals surface area contributed by atoms with Gasteiger partial charge < -0.3 is 15.4 Å². The normalized spacial score (nSPS) is 15.7. The van der Waals surface area contributed by atoms with Gasteiger partial charge in [-0.05, 0) is 34.2 Å². The number of ether oxygens (including phenoxy) is 1. The Balaban J connectivity index is 3.24. The van der Waals surface area contributed by atoms with Crippen LogP contribution in [0.15, 0.2) is 0 Å². The van der Waals surface area contributed by atoms with E-state index < -0.39 is 0 Å². The first-order chi connectivity index (χ1) is 6.20. The van der Waals surface area contributed by atoms with E-state index in [4.69, 9.17) is 4.74 Å². The maximum atomic E-state index is 5.24. The van der Waals surface area contributed by atoms with Crippen molar-refractivity contribution < 1.29 is 4.74 Å². The summed E-state index contributed by atoms with van der Waals surface area (Å²) in [7, 11) is 2.00. The lowest BCUT2D eigenvalue weighted by Gasteiger charge is -2.17. The van der Waals surface area contributed by atoms with Crippen LogP contribution in [-0.4, -0.2) is 38.9 Å². The molecule has 13 heavy (non-hydrogen) atoms. The van der Waals surface area contributed by atoms with Gasteiger partial charge in [0.1, 0.15) is 0 Å². The van der Waals surface area contributed by atoms with Crippen LogP contribution in [0.25, 0.3) is 0 Å². The van der Waals surface area contributed by atoms with E-state index in [1.54, 1.807) is 0 Å². The van der Waals surface area contributed by atoms with Crippen LogP contribution in [0.5, 0.6) is 0 Å². The van der Waals surface area contributed by atoms with Crippen molar-refractivity contribution in [3.05, 3.63) is 0 Å². The third-order valence-corrected chi connectivity index (χ3v) is 2.14. The molecule has 0 rings (SSSR count). The van der Waals surface area contributed by atoms with Gasteiger partial charge in [0, 0.05) is 25.2 Å². The van der Waals surface area contributed by atoms with Crippen molar-refractivity contribution in [3.63, 3.8) is 0 Å². The number of hydrogen-bond donors (Lipinski definition) is 2. The van der Waals surface area contributed by atoms with Crippen LogP contribution in [0, 0.1) is 0 Å². The van der Waals surface area contributed by atoms with Crippen molar-refractivity contribution in [3.8, 4) is 0 Å². The molecule has 0 aromatic heterocycles. The molecule has 0 bridgehead atoms. The molecule has 80 valence electrons. The van der Waals surface area contributed by atoms with Crippen LogP contribution in [0.4, 0.5) is 0 Å². The van der Waals surface area contributed by atoms with Crippen molar-refractivity contribution in [2.75, 3.05) is 26.8 Å². The fourth-order valence-electron chi connectivity index (χ4n) is 1.25. The van der Waals surface area contributed by atoms with Gasteiger partial charge in [-0.15, -0.1) is 0 Å². The van der Waals surface area contributed by atoms with E-state index in [1.165, 1.54) is 0 Å². The molecule has 0 aliphatic rings. The molecular formula is C10H24N2O. The van der Waals surface area contributed by atoms with Gasteiger partial charge in [0.15, 0.2) is 0 Å². The van der Waals surface area contributed by atoms with Gasteiger partial charge in [-0.2, -0.15) is 0 Å². The zero-order valence-corrected chi connectivity index (χ0v) is 9.39. The average Bonchev–Trinajstić information content (AvgIpc) is 2.12. The van der Waals surface area contributed by atoms with Gasteiger partial charge in [0.25, 0.3) is 0 Å². The summed E-state index contributed by atoms with van der Waals surface area (Å²) >= 11 is 0. The Bertz CT molecular complexity index is 109. The molecule has 0 spiro atoms. The van der Waals surface area contributed by atoms with Crippen LogP contribution in [0.2, 0.25) is 0 Å².